The fraction of sp³-hybridized carbons (Fsp3) is 0.370. The zero-order chi connectivity index (χ0) is 24.5. The Morgan fingerprint density at radius 1 is 0.971 bits per heavy atom. The van der Waals surface area contributed by atoms with Crippen LogP contribution in [0.25, 0.3) is 0 Å². The first-order valence-electron chi connectivity index (χ1n) is 12.2. The summed E-state index contributed by atoms with van der Waals surface area (Å²) in [6.45, 7) is 8.23. The molecule has 2 heterocycles. The molecule has 1 aliphatic rings. The summed E-state index contributed by atoms with van der Waals surface area (Å²) in [4.78, 5) is 29.5. The number of benzene rings is 2. The van der Waals surface area contributed by atoms with Gasteiger partial charge in [0.1, 0.15) is 18.1 Å². The number of amides is 1. The number of para-hydroxylation sites is 1. The normalized spacial score (nSPS) is 14.0. The fourth-order valence-corrected chi connectivity index (χ4v) is 4.15. The van der Waals surface area contributed by atoms with Gasteiger partial charge in [0, 0.05) is 44.5 Å². The van der Waals surface area contributed by atoms with E-state index in [0.29, 0.717) is 13.2 Å². The molecule has 0 aliphatic carbocycles. The van der Waals surface area contributed by atoms with E-state index in [1.54, 1.807) is 0 Å². The molecule has 35 heavy (non-hydrogen) atoms. The first kappa shape index (κ1) is 24.5. The third kappa shape index (κ3) is 7.16. The maximum Gasteiger partial charge on any atom is 0.271 e. The van der Waals surface area contributed by atoms with Crippen molar-refractivity contribution in [1.29, 1.82) is 0 Å². The van der Waals surface area contributed by atoms with E-state index >= 15 is 0 Å². The molecule has 1 N–H and O–H groups in total. The van der Waals surface area contributed by atoms with E-state index in [9.17, 15) is 9.59 Å². The van der Waals surface area contributed by atoms with Crippen molar-refractivity contribution in [2.75, 3.05) is 50.8 Å². The Balaban J connectivity index is 1.17. The number of aryl methyl sites for hydroxylation is 1. The first-order chi connectivity index (χ1) is 17.1. The van der Waals surface area contributed by atoms with E-state index in [2.05, 4.69) is 51.4 Å². The third-order valence-corrected chi connectivity index (χ3v) is 6.09. The highest BCUT2D eigenvalue weighted by molar-refractivity contribution is 5.91. The highest BCUT2D eigenvalue weighted by Gasteiger charge is 2.17. The smallest absolute Gasteiger partial charge is 0.271 e. The largest absolute Gasteiger partial charge is 0.492 e. The Labute approximate surface area is 206 Å². The lowest BCUT2D eigenvalue weighted by atomic mass is 10.2. The van der Waals surface area contributed by atoms with Crippen molar-refractivity contribution in [2.24, 2.45) is 0 Å². The van der Waals surface area contributed by atoms with Crippen LogP contribution in [-0.4, -0.2) is 66.5 Å². The summed E-state index contributed by atoms with van der Waals surface area (Å²) >= 11 is 0. The summed E-state index contributed by atoms with van der Waals surface area (Å²) in [6.07, 6.45) is 0.862. The van der Waals surface area contributed by atoms with Crippen LogP contribution in [0.15, 0.2) is 71.5 Å². The van der Waals surface area contributed by atoms with Gasteiger partial charge < -0.3 is 15.0 Å². The van der Waals surface area contributed by atoms with E-state index < -0.39 is 0 Å². The molecule has 8 nitrogen and oxygen atoms in total. The summed E-state index contributed by atoms with van der Waals surface area (Å²) in [5.74, 6) is 0.456. The first-order valence-corrected chi connectivity index (χ1v) is 12.2. The number of hydrogen-bond donors (Lipinski definition) is 1. The van der Waals surface area contributed by atoms with E-state index in [4.69, 9.17) is 4.74 Å². The Bertz CT molecular complexity index is 1160. The molecule has 1 amide bonds. The molecule has 4 rings (SSSR count). The lowest BCUT2D eigenvalue weighted by molar-refractivity contribution is 0.0943. The van der Waals surface area contributed by atoms with Gasteiger partial charge >= 0.3 is 0 Å². The molecule has 1 fully saturated rings. The molecule has 1 aliphatic heterocycles. The number of piperazine rings is 1. The molecule has 1 saturated heterocycles. The second-order valence-electron chi connectivity index (χ2n) is 8.72. The van der Waals surface area contributed by atoms with Gasteiger partial charge in [0.15, 0.2) is 0 Å². The lowest BCUT2D eigenvalue weighted by Crippen LogP contribution is -2.47. The van der Waals surface area contributed by atoms with E-state index in [1.165, 1.54) is 28.1 Å². The Hall–Kier alpha value is -3.65. The third-order valence-electron chi connectivity index (χ3n) is 6.09. The summed E-state index contributed by atoms with van der Waals surface area (Å²) < 4.78 is 6.90. The minimum atomic E-state index is -0.271. The quantitative estimate of drug-likeness (QED) is 0.454. The monoisotopic (exact) mass is 475 g/mol. The Morgan fingerprint density at radius 2 is 1.77 bits per heavy atom. The molecule has 8 heteroatoms. The summed E-state index contributed by atoms with van der Waals surface area (Å²) in [5, 5.41) is 7.13. The molecule has 1 aromatic heterocycles. The van der Waals surface area contributed by atoms with Crippen molar-refractivity contribution >= 4 is 11.6 Å². The second kappa shape index (κ2) is 12.2. The molecular formula is C27H33N5O3. The number of carbonyl (C=O) groups is 1. The zero-order valence-corrected chi connectivity index (χ0v) is 20.2. The van der Waals surface area contributed by atoms with Gasteiger partial charge in [0.05, 0.1) is 6.54 Å². The van der Waals surface area contributed by atoms with E-state index in [-0.39, 0.29) is 23.7 Å². The van der Waals surface area contributed by atoms with Crippen LogP contribution in [0.1, 0.15) is 22.5 Å². The SMILES string of the molecule is Cc1cccc(N2CCN(CCCNC(=O)c3ccc(=O)n(CCOc4ccccc4)n3)CC2)c1. The molecule has 184 valence electrons. The van der Waals surface area contributed by atoms with Gasteiger partial charge in [-0.15, -0.1) is 0 Å². The van der Waals surface area contributed by atoms with Gasteiger partial charge in [-0.2, -0.15) is 5.10 Å². The highest BCUT2D eigenvalue weighted by atomic mass is 16.5. The van der Waals surface area contributed by atoms with Crippen LogP contribution in [0, 0.1) is 6.92 Å². The number of nitrogens with zero attached hydrogens (tertiary/aromatic N) is 4. The number of aromatic nitrogens is 2. The Morgan fingerprint density at radius 3 is 2.54 bits per heavy atom. The van der Waals surface area contributed by atoms with Crippen LogP contribution in [0.5, 0.6) is 5.75 Å². The minimum Gasteiger partial charge on any atom is -0.492 e. The van der Waals surface area contributed by atoms with Gasteiger partial charge in [0.25, 0.3) is 11.5 Å². The van der Waals surface area contributed by atoms with Crippen molar-refractivity contribution < 1.29 is 9.53 Å². The topological polar surface area (TPSA) is 79.7 Å². The van der Waals surface area contributed by atoms with E-state index in [0.717, 1.165) is 44.9 Å². The molecule has 0 saturated carbocycles. The van der Waals surface area contributed by atoms with Crippen molar-refractivity contribution in [3.63, 3.8) is 0 Å². The number of anilines is 1. The van der Waals surface area contributed by atoms with Crippen LogP contribution in [0.4, 0.5) is 5.69 Å². The van der Waals surface area contributed by atoms with Crippen LogP contribution < -0.4 is 20.5 Å². The number of ether oxygens (including phenoxy) is 1. The molecule has 2 aromatic carbocycles. The predicted octanol–water partition coefficient (Wildman–Crippen LogP) is 2.57. The van der Waals surface area contributed by atoms with Crippen LogP contribution >= 0.6 is 0 Å². The minimum absolute atomic E-state index is 0.232. The number of rotatable bonds is 10. The highest BCUT2D eigenvalue weighted by Crippen LogP contribution is 2.17. The number of hydrogen-bond acceptors (Lipinski definition) is 6. The van der Waals surface area contributed by atoms with Gasteiger partial charge in [-0.25, -0.2) is 4.68 Å². The Kier molecular flexibility index (Phi) is 8.51. The average molecular weight is 476 g/mol. The van der Waals surface area contributed by atoms with Gasteiger partial charge in [-0.05, 0) is 55.8 Å². The molecule has 0 unspecified atom stereocenters. The maximum absolute atomic E-state index is 12.5. The number of carbonyl (C=O) groups excluding carboxylic acids is 1. The molecule has 0 atom stereocenters. The fourth-order valence-electron chi connectivity index (χ4n) is 4.15. The van der Waals surface area contributed by atoms with Crippen molar-refractivity contribution in [3.8, 4) is 5.75 Å². The van der Waals surface area contributed by atoms with Crippen LogP contribution in [-0.2, 0) is 6.54 Å². The summed E-state index contributed by atoms with van der Waals surface area (Å²) in [5.41, 5.74) is 2.54. The molecule has 3 aromatic rings. The summed E-state index contributed by atoms with van der Waals surface area (Å²) in [6, 6.07) is 20.9. The molecule has 0 spiro atoms. The van der Waals surface area contributed by atoms with Crippen LogP contribution in [0.3, 0.4) is 0 Å². The maximum atomic E-state index is 12.5. The van der Waals surface area contributed by atoms with Crippen molar-refractivity contribution in [2.45, 2.75) is 19.9 Å². The zero-order valence-electron chi connectivity index (χ0n) is 20.2. The van der Waals surface area contributed by atoms with Crippen LogP contribution in [0.2, 0.25) is 0 Å². The molecule has 0 bridgehead atoms. The van der Waals surface area contributed by atoms with Crippen molar-refractivity contribution in [3.05, 3.63) is 88.3 Å². The van der Waals surface area contributed by atoms with E-state index in [1.807, 2.05) is 30.3 Å². The standard InChI is InChI=1S/C27H33N5O3/c1-22-7-5-8-23(21-22)31-17-15-30(16-18-31)14-6-13-28-27(34)25-11-12-26(33)32(29-25)19-20-35-24-9-3-2-4-10-24/h2-5,7-12,21H,6,13-20H2,1H3,(H,28,34). The lowest BCUT2D eigenvalue weighted by Gasteiger charge is -2.36. The number of nitrogens with one attached hydrogen (secondary N) is 1. The average Bonchev–Trinajstić information content (AvgIpc) is 2.88. The summed E-state index contributed by atoms with van der Waals surface area (Å²) in [7, 11) is 0. The van der Waals surface area contributed by atoms with Gasteiger partial charge in [0.2, 0.25) is 0 Å². The molecule has 0 radical (unpaired) electrons. The second-order valence-corrected chi connectivity index (χ2v) is 8.72. The van der Waals surface area contributed by atoms with Gasteiger partial charge in [-0.3, -0.25) is 14.5 Å². The predicted molar refractivity (Wildman–Crippen MR) is 137 cm³/mol. The van der Waals surface area contributed by atoms with Crippen molar-refractivity contribution in [1.82, 2.24) is 20.0 Å². The van der Waals surface area contributed by atoms with Gasteiger partial charge in [-0.1, -0.05) is 30.3 Å². The molecular weight excluding hydrogens is 442 g/mol.